The van der Waals surface area contributed by atoms with Crippen molar-refractivity contribution in [2.75, 3.05) is 11.4 Å². The first-order valence-corrected chi connectivity index (χ1v) is 9.46. The number of nitrogens with zero attached hydrogens (tertiary/aromatic N) is 2. The molecule has 0 saturated carbocycles. The van der Waals surface area contributed by atoms with Crippen molar-refractivity contribution in [3.8, 4) is 0 Å². The Morgan fingerprint density at radius 2 is 2.04 bits per heavy atom. The average Bonchev–Trinajstić information content (AvgIpc) is 3.26. The Morgan fingerprint density at radius 1 is 1.16 bits per heavy atom. The Kier molecular flexibility index (Phi) is 4.36. The SMILES string of the molecule is CCN1C(=CC=Cc2cc[n+](CC)c3occc23)Sc2ccccc21. The molecule has 0 radical (unpaired) electrons. The highest BCUT2D eigenvalue weighted by Gasteiger charge is 2.22. The quantitative estimate of drug-likeness (QED) is 0.602. The highest BCUT2D eigenvalue weighted by atomic mass is 32.2. The van der Waals surface area contributed by atoms with E-state index in [1.807, 2.05) is 17.8 Å². The third-order valence-electron chi connectivity index (χ3n) is 4.46. The van der Waals surface area contributed by atoms with Crippen LogP contribution < -0.4 is 9.47 Å². The van der Waals surface area contributed by atoms with Crippen LogP contribution in [0.15, 0.2) is 75.4 Å². The topological polar surface area (TPSA) is 20.3 Å². The number of aryl methyl sites for hydroxylation is 1. The van der Waals surface area contributed by atoms with Crippen LogP contribution in [0.1, 0.15) is 19.4 Å². The highest BCUT2D eigenvalue weighted by Crippen LogP contribution is 2.45. The summed E-state index contributed by atoms with van der Waals surface area (Å²) in [5, 5.41) is 2.41. The number of furan rings is 1. The van der Waals surface area contributed by atoms with Crippen LogP contribution >= 0.6 is 11.8 Å². The molecule has 4 heteroatoms. The van der Waals surface area contributed by atoms with Crippen molar-refractivity contribution in [1.29, 1.82) is 0 Å². The van der Waals surface area contributed by atoms with Crippen LogP contribution in [0.3, 0.4) is 0 Å². The summed E-state index contributed by atoms with van der Waals surface area (Å²) in [6.07, 6.45) is 10.3. The molecule has 3 aromatic rings. The van der Waals surface area contributed by atoms with E-state index in [1.54, 1.807) is 6.26 Å². The van der Waals surface area contributed by atoms with Gasteiger partial charge in [-0.15, -0.1) is 0 Å². The summed E-state index contributed by atoms with van der Waals surface area (Å²) < 4.78 is 7.76. The van der Waals surface area contributed by atoms with Gasteiger partial charge in [0, 0.05) is 17.5 Å². The van der Waals surface area contributed by atoms with Crippen molar-refractivity contribution in [1.82, 2.24) is 0 Å². The van der Waals surface area contributed by atoms with Gasteiger partial charge in [-0.05, 0) is 43.7 Å². The Hall–Kier alpha value is -2.46. The molecule has 0 N–H and O–H groups in total. The molecule has 0 aliphatic carbocycles. The maximum absolute atomic E-state index is 5.64. The normalized spacial score (nSPS) is 15.6. The summed E-state index contributed by atoms with van der Waals surface area (Å²) in [5.74, 6) is 0. The van der Waals surface area contributed by atoms with E-state index in [0.717, 1.165) is 24.2 Å². The number of anilines is 1. The molecule has 4 rings (SSSR count). The Morgan fingerprint density at radius 3 is 2.88 bits per heavy atom. The molecule has 1 aromatic carbocycles. The largest absolute Gasteiger partial charge is 0.413 e. The lowest BCUT2D eigenvalue weighted by atomic mass is 10.1. The van der Waals surface area contributed by atoms with Gasteiger partial charge in [-0.2, -0.15) is 4.57 Å². The van der Waals surface area contributed by atoms with Crippen LogP contribution in [0.4, 0.5) is 5.69 Å². The molecule has 0 bridgehead atoms. The smallest absolute Gasteiger partial charge is 0.380 e. The number of aromatic nitrogens is 1. The second kappa shape index (κ2) is 6.81. The van der Waals surface area contributed by atoms with Gasteiger partial charge in [0.25, 0.3) is 0 Å². The summed E-state index contributed by atoms with van der Waals surface area (Å²) in [6.45, 7) is 6.18. The number of hydrogen-bond acceptors (Lipinski definition) is 3. The molecule has 2 aromatic heterocycles. The van der Waals surface area contributed by atoms with Crippen LogP contribution in [0.5, 0.6) is 0 Å². The lowest BCUT2D eigenvalue weighted by Crippen LogP contribution is -2.32. The lowest BCUT2D eigenvalue weighted by molar-refractivity contribution is -0.674. The summed E-state index contributed by atoms with van der Waals surface area (Å²) in [6, 6.07) is 12.7. The Balaban J connectivity index is 1.63. The zero-order chi connectivity index (χ0) is 17.2. The standard InChI is InChI=1S/C21H21N2OS/c1-3-22-14-12-16(17-13-15-24-21(17)22)8-7-11-20-23(4-2)18-9-5-6-10-19(18)25-20/h5-15H,3-4H2,1-2H3/q+1. The molecule has 0 amide bonds. The van der Waals surface area contributed by atoms with Gasteiger partial charge in [-0.25, -0.2) is 0 Å². The number of rotatable bonds is 4. The number of hydrogen-bond donors (Lipinski definition) is 0. The summed E-state index contributed by atoms with van der Waals surface area (Å²) in [7, 11) is 0. The number of allylic oxidation sites excluding steroid dienone is 2. The molecule has 126 valence electrons. The van der Waals surface area contributed by atoms with Gasteiger partial charge in [0.05, 0.1) is 22.4 Å². The minimum absolute atomic E-state index is 0.901. The summed E-state index contributed by atoms with van der Waals surface area (Å²) in [4.78, 5) is 3.68. The van der Waals surface area contributed by atoms with E-state index < -0.39 is 0 Å². The molecule has 0 atom stereocenters. The highest BCUT2D eigenvalue weighted by molar-refractivity contribution is 8.03. The molecule has 0 spiro atoms. The van der Waals surface area contributed by atoms with E-state index in [1.165, 1.54) is 21.2 Å². The van der Waals surface area contributed by atoms with E-state index in [-0.39, 0.29) is 0 Å². The van der Waals surface area contributed by atoms with E-state index in [0.29, 0.717) is 0 Å². The van der Waals surface area contributed by atoms with Crippen LogP contribution in [-0.2, 0) is 6.54 Å². The van der Waals surface area contributed by atoms with Gasteiger partial charge in [0.1, 0.15) is 6.54 Å². The maximum Gasteiger partial charge on any atom is 0.380 e. The van der Waals surface area contributed by atoms with Crippen LogP contribution in [0.25, 0.3) is 17.2 Å². The molecule has 3 nitrogen and oxygen atoms in total. The van der Waals surface area contributed by atoms with E-state index >= 15 is 0 Å². The van der Waals surface area contributed by atoms with Gasteiger partial charge in [0.2, 0.25) is 0 Å². The number of para-hydroxylation sites is 1. The van der Waals surface area contributed by atoms with E-state index in [4.69, 9.17) is 4.42 Å². The van der Waals surface area contributed by atoms with Gasteiger partial charge in [-0.3, -0.25) is 0 Å². The summed E-state index contributed by atoms with van der Waals surface area (Å²) in [5.41, 5.74) is 3.40. The molecular formula is C21H21N2OS+. The van der Waals surface area contributed by atoms with E-state index in [9.17, 15) is 0 Å². The van der Waals surface area contributed by atoms with Crippen molar-refractivity contribution >= 4 is 34.6 Å². The van der Waals surface area contributed by atoms with Crippen molar-refractivity contribution in [2.45, 2.75) is 25.3 Å². The van der Waals surface area contributed by atoms with Gasteiger partial charge in [-0.1, -0.05) is 36.0 Å². The first kappa shape index (κ1) is 16.0. The van der Waals surface area contributed by atoms with Gasteiger partial charge >= 0.3 is 5.71 Å². The number of pyridine rings is 1. The molecule has 0 fully saturated rings. The Bertz CT molecular complexity index is 971. The van der Waals surface area contributed by atoms with Crippen molar-refractivity contribution < 1.29 is 8.98 Å². The molecule has 0 saturated heterocycles. The second-order valence-electron chi connectivity index (χ2n) is 5.87. The van der Waals surface area contributed by atoms with Crippen LogP contribution in [0.2, 0.25) is 0 Å². The van der Waals surface area contributed by atoms with Crippen LogP contribution in [0, 0.1) is 0 Å². The minimum Gasteiger partial charge on any atom is -0.413 e. The first-order chi connectivity index (χ1) is 12.3. The zero-order valence-electron chi connectivity index (χ0n) is 14.5. The molecule has 25 heavy (non-hydrogen) atoms. The van der Waals surface area contributed by atoms with Gasteiger partial charge < -0.3 is 9.32 Å². The first-order valence-electron chi connectivity index (χ1n) is 8.64. The fraction of sp³-hybridized carbons (Fsp3) is 0.190. The molecule has 0 unspecified atom stereocenters. The number of thioether (sulfide) groups is 1. The summed E-state index contributed by atoms with van der Waals surface area (Å²) >= 11 is 1.83. The Labute approximate surface area is 152 Å². The van der Waals surface area contributed by atoms with Crippen LogP contribution in [-0.4, -0.2) is 6.54 Å². The predicted octanol–water partition coefficient (Wildman–Crippen LogP) is 5.23. The molecule has 3 heterocycles. The van der Waals surface area contributed by atoms with Crippen molar-refractivity contribution in [3.63, 3.8) is 0 Å². The van der Waals surface area contributed by atoms with Crippen molar-refractivity contribution in [3.05, 3.63) is 71.6 Å². The van der Waals surface area contributed by atoms with Crippen molar-refractivity contribution in [2.24, 2.45) is 0 Å². The maximum atomic E-state index is 5.64. The third kappa shape index (κ3) is 2.87. The van der Waals surface area contributed by atoms with Gasteiger partial charge in [0.15, 0.2) is 6.20 Å². The lowest BCUT2D eigenvalue weighted by Gasteiger charge is -2.17. The number of benzene rings is 1. The zero-order valence-corrected chi connectivity index (χ0v) is 15.3. The third-order valence-corrected chi connectivity index (χ3v) is 5.59. The minimum atomic E-state index is 0.901. The number of fused-ring (bicyclic) bond motifs is 2. The second-order valence-corrected chi connectivity index (χ2v) is 6.94. The monoisotopic (exact) mass is 349 g/mol. The fourth-order valence-electron chi connectivity index (χ4n) is 3.20. The molecular weight excluding hydrogens is 328 g/mol. The molecule has 1 aliphatic heterocycles. The average molecular weight is 349 g/mol. The van der Waals surface area contributed by atoms with E-state index in [2.05, 4.69) is 78.1 Å². The molecule has 1 aliphatic rings. The fourth-order valence-corrected chi connectivity index (χ4v) is 4.34. The predicted molar refractivity (Wildman–Crippen MR) is 105 cm³/mol.